The average molecular weight is 343 g/mol. The monoisotopic (exact) mass is 343 g/mol. The summed E-state index contributed by atoms with van der Waals surface area (Å²) in [6.07, 6.45) is 0.00442. The molecule has 1 atom stereocenters. The minimum atomic E-state index is -0.179. The second-order valence-corrected chi connectivity index (χ2v) is 6.02. The summed E-state index contributed by atoms with van der Waals surface area (Å²) < 4.78 is 16.5. The van der Waals surface area contributed by atoms with Gasteiger partial charge in [0, 0.05) is 0 Å². The SMILES string of the molecule is COc1ccc(OC[C@H](C)NC(=O)c2ccccc2OC(C)C)cc1. The first-order valence-corrected chi connectivity index (χ1v) is 8.33. The summed E-state index contributed by atoms with van der Waals surface area (Å²) in [6, 6.07) is 14.4. The Morgan fingerprint density at radius 3 is 2.28 bits per heavy atom. The van der Waals surface area contributed by atoms with Gasteiger partial charge in [-0.3, -0.25) is 4.79 Å². The van der Waals surface area contributed by atoms with Crippen molar-refractivity contribution in [1.29, 1.82) is 0 Å². The highest BCUT2D eigenvalue weighted by Crippen LogP contribution is 2.20. The molecule has 0 saturated carbocycles. The van der Waals surface area contributed by atoms with Crippen LogP contribution in [-0.4, -0.2) is 31.8 Å². The predicted octanol–water partition coefficient (Wildman–Crippen LogP) is 3.68. The molecule has 5 heteroatoms. The van der Waals surface area contributed by atoms with Crippen molar-refractivity contribution in [1.82, 2.24) is 5.32 Å². The highest BCUT2D eigenvalue weighted by molar-refractivity contribution is 5.97. The lowest BCUT2D eigenvalue weighted by Crippen LogP contribution is -2.37. The second-order valence-electron chi connectivity index (χ2n) is 6.02. The maximum atomic E-state index is 12.5. The summed E-state index contributed by atoms with van der Waals surface area (Å²) in [7, 11) is 1.62. The molecule has 0 saturated heterocycles. The number of ether oxygens (including phenoxy) is 3. The van der Waals surface area contributed by atoms with Crippen LogP contribution in [0.1, 0.15) is 31.1 Å². The van der Waals surface area contributed by atoms with E-state index in [1.54, 1.807) is 19.2 Å². The summed E-state index contributed by atoms with van der Waals surface area (Å²) in [5, 5.41) is 2.93. The Balaban J connectivity index is 1.91. The average Bonchev–Trinajstić information content (AvgIpc) is 2.60. The Hall–Kier alpha value is -2.69. The Morgan fingerprint density at radius 1 is 1.00 bits per heavy atom. The first kappa shape index (κ1) is 18.6. The fourth-order valence-corrected chi connectivity index (χ4v) is 2.25. The van der Waals surface area contributed by atoms with Crippen LogP contribution in [-0.2, 0) is 0 Å². The summed E-state index contributed by atoms with van der Waals surface area (Å²) in [6.45, 7) is 6.12. The summed E-state index contributed by atoms with van der Waals surface area (Å²) in [4.78, 5) is 12.5. The third-order valence-corrected chi connectivity index (χ3v) is 3.43. The van der Waals surface area contributed by atoms with Gasteiger partial charge < -0.3 is 19.5 Å². The lowest BCUT2D eigenvalue weighted by Gasteiger charge is -2.17. The highest BCUT2D eigenvalue weighted by Gasteiger charge is 2.15. The molecule has 0 bridgehead atoms. The molecule has 0 heterocycles. The molecule has 1 amide bonds. The van der Waals surface area contributed by atoms with Crippen LogP contribution in [0.5, 0.6) is 17.2 Å². The van der Waals surface area contributed by atoms with Gasteiger partial charge in [0.05, 0.1) is 24.8 Å². The van der Waals surface area contributed by atoms with Gasteiger partial charge in [0.15, 0.2) is 0 Å². The smallest absolute Gasteiger partial charge is 0.255 e. The molecule has 0 aliphatic carbocycles. The van der Waals surface area contributed by atoms with E-state index in [1.165, 1.54) is 0 Å². The molecule has 0 aliphatic heterocycles. The minimum absolute atomic E-state index is 0.00442. The zero-order valence-corrected chi connectivity index (χ0v) is 15.1. The topological polar surface area (TPSA) is 56.8 Å². The third kappa shape index (κ3) is 5.71. The molecule has 1 N–H and O–H groups in total. The zero-order chi connectivity index (χ0) is 18.2. The van der Waals surface area contributed by atoms with E-state index in [2.05, 4.69) is 5.32 Å². The Kier molecular flexibility index (Phi) is 6.69. The zero-order valence-electron chi connectivity index (χ0n) is 15.1. The first-order valence-electron chi connectivity index (χ1n) is 8.33. The van der Waals surface area contributed by atoms with Crippen molar-refractivity contribution in [3.63, 3.8) is 0 Å². The molecule has 2 aromatic rings. The molecule has 0 radical (unpaired) electrons. The first-order chi connectivity index (χ1) is 12.0. The number of hydrogen-bond acceptors (Lipinski definition) is 4. The van der Waals surface area contributed by atoms with E-state index in [4.69, 9.17) is 14.2 Å². The van der Waals surface area contributed by atoms with Gasteiger partial charge in [0.1, 0.15) is 23.9 Å². The van der Waals surface area contributed by atoms with Crippen molar-refractivity contribution >= 4 is 5.91 Å². The van der Waals surface area contributed by atoms with Crippen LogP contribution in [0.25, 0.3) is 0 Å². The van der Waals surface area contributed by atoms with Gasteiger partial charge in [0.25, 0.3) is 5.91 Å². The van der Waals surface area contributed by atoms with Crippen LogP contribution in [0.4, 0.5) is 0 Å². The van der Waals surface area contributed by atoms with Crippen molar-refractivity contribution in [3.8, 4) is 17.2 Å². The number of benzene rings is 2. The van der Waals surface area contributed by atoms with Crippen LogP contribution in [0, 0.1) is 0 Å². The molecular weight excluding hydrogens is 318 g/mol. The third-order valence-electron chi connectivity index (χ3n) is 3.43. The van der Waals surface area contributed by atoms with Gasteiger partial charge >= 0.3 is 0 Å². The summed E-state index contributed by atoms with van der Waals surface area (Å²) in [5.41, 5.74) is 0.521. The quantitative estimate of drug-likeness (QED) is 0.794. The number of carbonyl (C=O) groups is 1. The molecular formula is C20H25NO4. The maximum absolute atomic E-state index is 12.5. The van der Waals surface area contributed by atoms with Crippen LogP contribution in [0.3, 0.4) is 0 Å². The number of hydrogen-bond donors (Lipinski definition) is 1. The van der Waals surface area contributed by atoms with Crippen LogP contribution < -0.4 is 19.5 Å². The molecule has 2 rings (SSSR count). The van der Waals surface area contributed by atoms with Gasteiger partial charge in [-0.15, -0.1) is 0 Å². The van der Waals surface area contributed by atoms with E-state index in [-0.39, 0.29) is 18.1 Å². The van der Waals surface area contributed by atoms with E-state index in [0.29, 0.717) is 17.9 Å². The standard InChI is InChI=1S/C20H25NO4/c1-14(2)25-19-8-6-5-7-18(19)20(22)21-15(3)13-24-17-11-9-16(23-4)10-12-17/h5-12,14-15H,13H2,1-4H3,(H,21,22)/t15-/m0/s1. The fourth-order valence-electron chi connectivity index (χ4n) is 2.25. The molecule has 0 unspecified atom stereocenters. The van der Waals surface area contributed by atoms with Gasteiger partial charge in [0.2, 0.25) is 0 Å². The molecule has 0 spiro atoms. The van der Waals surface area contributed by atoms with Gasteiger partial charge in [-0.1, -0.05) is 12.1 Å². The minimum Gasteiger partial charge on any atom is -0.497 e. The van der Waals surface area contributed by atoms with Crippen molar-refractivity contribution < 1.29 is 19.0 Å². The van der Waals surface area contributed by atoms with Gasteiger partial charge in [-0.2, -0.15) is 0 Å². The lowest BCUT2D eigenvalue weighted by molar-refractivity contribution is 0.0921. The van der Waals surface area contributed by atoms with Crippen molar-refractivity contribution in [3.05, 3.63) is 54.1 Å². The van der Waals surface area contributed by atoms with E-state index >= 15 is 0 Å². The number of methoxy groups -OCH3 is 1. The summed E-state index contributed by atoms with van der Waals surface area (Å²) in [5.74, 6) is 1.90. The Bertz CT molecular complexity index is 682. The normalized spacial score (nSPS) is 11.7. The lowest BCUT2D eigenvalue weighted by atomic mass is 10.1. The summed E-state index contributed by atoms with van der Waals surface area (Å²) >= 11 is 0. The maximum Gasteiger partial charge on any atom is 0.255 e. The second kappa shape index (κ2) is 8.97. The predicted molar refractivity (Wildman–Crippen MR) is 97.6 cm³/mol. The number of carbonyl (C=O) groups excluding carboxylic acids is 1. The molecule has 25 heavy (non-hydrogen) atoms. The largest absolute Gasteiger partial charge is 0.497 e. The van der Waals surface area contributed by atoms with Crippen LogP contribution in [0.2, 0.25) is 0 Å². The Morgan fingerprint density at radius 2 is 1.64 bits per heavy atom. The molecule has 0 aromatic heterocycles. The van der Waals surface area contributed by atoms with Crippen molar-refractivity contribution in [2.24, 2.45) is 0 Å². The van der Waals surface area contributed by atoms with E-state index in [9.17, 15) is 4.79 Å². The number of para-hydroxylation sites is 1. The van der Waals surface area contributed by atoms with E-state index in [0.717, 1.165) is 11.5 Å². The number of amides is 1. The molecule has 2 aromatic carbocycles. The number of rotatable bonds is 8. The fraction of sp³-hybridized carbons (Fsp3) is 0.350. The van der Waals surface area contributed by atoms with Gasteiger partial charge in [-0.25, -0.2) is 0 Å². The molecule has 0 aliphatic rings. The van der Waals surface area contributed by atoms with E-state index < -0.39 is 0 Å². The van der Waals surface area contributed by atoms with Crippen LogP contribution in [0.15, 0.2) is 48.5 Å². The molecule has 0 fully saturated rings. The number of nitrogens with one attached hydrogen (secondary N) is 1. The van der Waals surface area contributed by atoms with Crippen molar-refractivity contribution in [2.45, 2.75) is 32.9 Å². The van der Waals surface area contributed by atoms with Gasteiger partial charge in [-0.05, 0) is 57.2 Å². The molecule has 5 nitrogen and oxygen atoms in total. The highest BCUT2D eigenvalue weighted by atomic mass is 16.5. The molecule has 134 valence electrons. The van der Waals surface area contributed by atoms with Crippen molar-refractivity contribution in [2.75, 3.05) is 13.7 Å². The van der Waals surface area contributed by atoms with E-state index in [1.807, 2.05) is 57.2 Å². The van der Waals surface area contributed by atoms with Crippen LogP contribution >= 0.6 is 0 Å². The Labute approximate surface area is 148 Å².